The Hall–Kier alpha value is -2.15. The van der Waals surface area contributed by atoms with Gasteiger partial charge in [0.25, 0.3) is 0 Å². The van der Waals surface area contributed by atoms with Crippen LogP contribution in [0.25, 0.3) is 10.4 Å². The first kappa shape index (κ1) is 19.6. The van der Waals surface area contributed by atoms with Crippen LogP contribution in [0.15, 0.2) is 52.5 Å². The molecule has 1 saturated carbocycles. The van der Waals surface area contributed by atoms with Gasteiger partial charge in [-0.05, 0) is 67.3 Å². The van der Waals surface area contributed by atoms with Crippen molar-refractivity contribution in [2.45, 2.75) is 41.4 Å². The monoisotopic (exact) mass is 411 g/mol. The summed E-state index contributed by atoms with van der Waals surface area (Å²) in [7, 11) is -4.13. The third kappa shape index (κ3) is 3.52. The number of rotatable bonds is 4. The molecule has 27 heavy (non-hydrogen) atoms. The van der Waals surface area contributed by atoms with Crippen LogP contribution in [-0.2, 0) is 14.6 Å². The van der Waals surface area contributed by atoms with E-state index in [1.54, 1.807) is 0 Å². The smallest absolute Gasteiger partial charge is 0.188 e. The number of halogens is 3. The second-order valence-corrected chi connectivity index (χ2v) is 9.23. The highest BCUT2D eigenvalue weighted by atomic mass is 35.5. The van der Waals surface area contributed by atoms with E-state index in [1.807, 2.05) is 0 Å². The number of sulfone groups is 1. The van der Waals surface area contributed by atoms with Crippen molar-refractivity contribution >= 4 is 21.4 Å². The second kappa shape index (κ2) is 7.46. The molecule has 2 aromatic rings. The van der Waals surface area contributed by atoms with Crippen LogP contribution in [0.5, 0.6) is 0 Å². The van der Waals surface area contributed by atoms with E-state index in [1.165, 1.54) is 24.3 Å². The van der Waals surface area contributed by atoms with Gasteiger partial charge in [0.05, 0.1) is 4.90 Å². The van der Waals surface area contributed by atoms with Crippen molar-refractivity contribution in [3.8, 4) is 0 Å². The average molecular weight is 412 g/mol. The van der Waals surface area contributed by atoms with Gasteiger partial charge in [0.15, 0.2) is 9.84 Å². The van der Waals surface area contributed by atoms with Gasteiger partial charge >= 0.3 is 0 Å². The van der Waals surface area contributed by atoms with Gasteiger partial charge in [-0.15, -0.1) is 0 Å². The van der Waals surface area contributed by atoms with E-state index in [2.05, 4.69) is 10.0 Å². The van der Waals surface area contributed by atoms with Gasteiger partial charge in [-0.2, -0.15) is 0 Å². The molecule has 0 radical (unpaired) electrons. The Morgan fingerprint density at radius 3 is 2.56 bits per heavy atom. The van der Waals surface area contributed by atoms with E-state index < -0.39 is 32.3 Å². The zero-order chi connectivity index (χ0) is 19.7. The van der Waals surface area contributed by atoms with Crippen LogP contribution in [0, 0.1) is 11.6 Å². The van der Waals surface area contributed by atoms with E-state index in [-0.39, 0.29) is 23.3 Å². The van der Waals surface area contributed by atoms with E-state index in [0.29, 0.717) is 17.9 Å². The normalized spacial score (nSPS) is 22.9. The largest absolute Gasteiger partial charge is 0.223 e. The first-order chi connectivity index (χ1) is 12.8. The lowest BCUT2D eigenvalue weighted by Gasteiger charge is -2.39. The van der Waals surface area contributed by atoms with Gasteiger partial charge < -0.3 is 0 Å². The van der Waals surface area contributed by atoms with Crippen LogP contribution >= 0.6 is 11.6 Å². The molecule has 1 fully saturated rings. The maximum atomic E-state index is 14.7. The Bertz CT molecular complexity index is 1010. The van der Waals surface area contributed by atoms with Crippen LogP contribution < -0.4 is 0 Å². The van der Waals surface area contributed by atoms with E-state index >= 15 is 0 Å². The fourth-order valence-corrected chi connectivity index (χ4v) is 6.04. The van der Waals surface area contributed by atoms with Crippen molar-refractivity contribution in [1.82, 2.24) is 0 Å². The van der Waals surface area contributed by atoms with Crippen LogP contribution in [0.4, 0.5) is 8.78 Å². The van der Waals surface area contributed by atoms with Gasteiger partial charge in [0.1, 0.15) is 16.4 Å². The Morgan fingerprint density at radius 1 is 1.19 bits per heavy atom. The van der Waals surface area contributed by atoms with Crippen molar-refractivity contribution in [3.05, 3.63) is 75.1 Å². The number of hydrogen-bond donors (Lipinski definition) is 0. The molecule has 1 aliphatic rings. The molecule has 0 amide bonds. The highest BCUT2D eigenvalue weighted by Gasteiger charge is 2.50. The molecule has 2 aromatic carbocycles. The molecule has 0 saturated heterocycles. The first-order valence-corrected chi connectivity index (χ1v) is 10.2. The minimum Gasteiger partial charge on any atom is -0.223 e. The molecule has 0 unspecified atom stereocenters. The van der Waals surface area contributed by atoms with Gasteiger partial charge in [-0.3, -0.25) is 0 Å². The van der Waals surface area contributed by atoms with Crippen molar-refractivity contribution in [3.63, 3.8) is 0 Å². The summed E-state index contributed by atoms with van der Waals surface area (Å²) in [5.74, 6) is -1.54. The zero-order valence-electron chi connectivity index (χ0n) is 14.1. The van der Waals surface area contributed by atoms with Gasteiger partial charge in [0, 0.05) is 21.5 Å². The highest BCUT2D eigenvalue weighted by molar-refractivity contribution is 7.92. The van der Waals surface area contributed by atoms with Gasteiger partial charge in [0.2, 0.25) is 0 Å². The molecule has 142 valence electrons. The average Bonchev–Trinajstić information content (AvgIpc) is 2.64. The Kier molecular flexibility index (Phi) is 5.42. The summed E-state index contributed by atoms with van der Waals surface area (Å²) in [6.07, 6.45) is 0.851. The Morgan fingerprint density at radius 2 is 1.89 bits per heavy atom. The van der Waals surface area contributed by atoms with Gasteiger partial charge in [-0.1, -0.05) is 23.1 Å². The molecule has 1 aliphatic carbocycles. The maximum Gasteiger partial charge on any atom is 0.188 e. The molecule has 0 aliphatic heterocycles. The lowest BCUT2D eigenvalue weighted by molar-refractivity contribution is 0.333. The lowest BCUT2D eigenvalue weighted by Crippen LogP contribution is -2.42. The quantitative estimate of drug-likeness (QED) is 0.376. The molecule has 5 nitrogen and oxygen atoms in total. The van der Waals surface area contributed by atoms with Crippen LogP contribution in [0.3, 0.4) is 0 Å². The minimum atomic E-state index is -4.13. The van der Waals surface area contributed by atoms with Crippen LogP contribution in [0.1, 0.15) is 31.2 Å². The van der Waals surface area contributed by atoms with E-state index in [4.69, 9.17) is 17.1 Å². The Labute approximate surface area is 160 Å². The third-order valence-electron chi connectivity index (χ3n) is 4.96. The van der Waals surface area contributed by atoms with Crippen molar-refractivity contribution < 1.29 is 17.2 Å². The fraction of sp³-hybridized carbons (Fsp3) is 0.333. The molecule has 9 heteroatoms. The predicted molar refractivity (Wildman–Crippen MR) is 98.1 cm³/mol. The van der Waals surface area contributed by atoms with E-state index in [9.17, 15) is 17.2 Å². The summed E-state index contributed by atoms with van der Waals surface area (Å²) >= 11 is 5.85. The summed E-state index contributed by atoms with van der Waals surface area (Å²) in [4.78, 5) is 2.73. The number of benzene rings is 2. The predicted octanol–water partition coefficient (Wildman–Crippen LogP) is 5.54. The van der Waals surface area contributed by atoms with Crippen LogP contribution in [-0.4, -0.2) is 14.5 Å². The number of nitrogens with zero attached hydrogens (tertiary/aromatic N) is 3. The molecule has 0 bridgehead atoms. The summed E-state index contributed by atoms with van der Waals surface area (Å²) < 4.78 is 54.0. The number of azide groups is 1. The van der Waals surface area contributed by atoms with Crippen molar-refractivity contribution in [1.29, 1.82) is 0 Å². The minimum absolute atomic E-state index is 0.0443. The first-order valence-electron chi connectivity index (χ1n) is 8.30. The maximum absolute atomic E-state index is 14.7. The molecule has 0 N–H and O–H groups in total. The molecule has 2 atom stereocenters. The number of hydrogen-bond acceptors (Lipinski definition) is 3. The van der Waals surface area contributed by atoms with Crippen molar-refractivity contribution in [2.24, 2.45) is 5.11 Å². The summed E-state index contributed by atoms with van der Waals surface area (Å²) in [6.45, 7) is 0. The summed E-state index contributed by atoms with van der Waals surface area (Å²) in [5.41, 5.74) is 8.53. The van der Waals surface area contributed by atoms with Crippen LogP contribution in [0.2, 0.25) is 5.02 Å². The SMILES string of the molecule is [N-]=[N+]=N[C@H]1CCC[C@](c2cc(F)ccc2F)(S(=O)(=O)c2ccc(Cl)cc2)C1. The van der Waals surface area contributed by atoms with E-state index in [0.717, 1.165) is 18.2 Å². The summed E-state index contributed by atoms with van der Waals surface area (Å²) in [6, 6.07) is 7.68. The third-order valence-corrected chi connectivity index (χ3v) is 7.72. The van der Waals surface area contributed by atoms with Crippen molar-refractivity contribution in [2.75, 3.05) is 0 Å². The Balaban J connectivity index is 2.26. The molecule has 0 heterocycles. The molecular formula is C18H16ClF2N3O2S. The standard InChI is InChI=1S/C18H16ClF2N3O2S/c19-12-3-6-15(7-4-12)27(25,26)18(9-1-2-14(11-18)23-24-22)16-10-13(20)5-8-17(16)21/h3-8,10,14H,1-2,9,11H2/t14-,18-/m0/s1. The molecular weight excluding hydrogens is 396 g/mol. The fourth-order valence-electron chi connectivity index (χ4n) is 3.70. The zero-order valence-corrected chi connectivity index (χ0v) is 15.7. The lowest BCUT2D eigenvalue weighted by atomic mass is 9.80. The molecule has 0 spiro atoms. The molecule has 3 rings (SSSR count). The van der Waals surface area contributed by atoms with Gasteiger partial charge in [-0.25, -0.2) is 17.2 Å². The summed E-state index contributed by atoms with van der Waals surface area (Å²) in [5, 5.41) is 4.01. The molecule has 0 aromatic heterocycles. The topological polar surface area (TPSA) is 82.9 Å². The highest BCUT2D eigenvalue weighted by Crippen LogP contribution is 2.48. The second-order valence-electron chi connectivity index (χ2n) is 6.53.